The van der Waals surface area contributed by atoms with Gasteiger partial charge >= 0.3 is 5.97 Å². The van der Waals surface area contributed by atoms with Gasteiger partial charge in [0.1, 0.15) is 0 Å². The number of rotatable bonds is 7. The molecule has 4 nitrogen and oxygen atoms in total. The minimum Gasteiger partial charge on any atom is -0.463 e. The first-order valence-corrected chi connectivity index (χ1v) is 7.16. The summed E-state index contributed by atoms with van der Waals surface area (Å²) in [7, 11) is 0. The van der Waals surface area contributed by atoms with Gasteiger partial charge in [0.15, 0.2) is 11.5 Å². The highest BCUT2D eigenvalue weighted by Crippen LogP contribution is 2.32. The van der Waals surface area contributed by atoms with Gasteiger partial charge in [-0.3, -0.25) is 0 Å². The molecule has 0 bridgehead atoms. The average Bonchev–Trinajstić information content (AvgIpc) is 2.94. The van der Waals surface area contributed by atoms with Gasteiger partial charge in [-0.05, 0) is 43.9 Å². The van der Waals surface area contributed by atoms with Gasteiger partial charge in [-0.25, -0.2) is 4.79 Å². The Balaban J connectivity index is 1.67. The Hall–Kier alpha value is -2.23. The fourth-order valence-electron chi connectivity index (χ4n) is 1.97. The van der Waals surface area contributed by atoms with Crippen LogP contribution in [0.2, 0.25) is 0 Å². The second-order valence-corrected chi connectivity index (χ2v) is 4.59. The number of ether oxygens (including phenoxy) is 3. The van der Waals surface area contributed by atoms with Crippen LogP contribution in [-0.2, 0) is 16.0 Å². The number of unbranched alkanes of at least 4 members (excludes halogenated alkanes) is 1. The summed E-state index contributed by atoms with van der Waals surface area (Å²) in [5.41, 5.74) is 1.19. The fraction of sp³-hybridized carbons (Fsp3) is 0.353. The standard InChI is InChI=1S/C17H20O4/c1-2-19-17(18)9-7-5-3-4-6-8-14-10-11-15-16(12-14)21-13-20-15/h4,6-7,9-12H,2-3,5,8,13H2,1H3/b6-4+,9-7+. The average molecular weight is 288 g/mol. The number of allylic oxidation sites excluding steroid dienone is 3. The third-order valence-corrected chi connectivity index (χ3v) is 3.00. The summed E-state index contributed by atoms with van der Waals surface area (Å²) in [6.45, 7) is 2.52. The number of hydrogen-bond acceptors (Lipinski definition) is 4. The van der Waals surface area contributed by atoms with E-state index in [1.807, 2.05) is 24.3 Å². The smallest absolute Gasteiger partial charge is 0.330 e. The molecular formula is C17H20O4. The molecule has 4 heteroatoms. The molecule has 2 rings (SSSR count). The fourth-order valence-corrected chi connectivity index (χ4v) is 1.97. The first kappa shape index (κ1) is 15.2. The van der Waals surface area contributed by atoms with Crippen LogP contribution in [0.4, 0.5) is 0 Å². The molecular weight excluding hydrogens is 268 g/mol. The Morgan fingerprint density at radius 2 is 2.00 bits per heavy atom. The van der Waals surface area contributed by atoms with Gasteiger partial charge in [0.25, 0.3) is 0 Å². The quantitative estimate of drug-likeness (QED) is 0.334. The maximum atomic E-state index is 11.1. The summed E-state index contributed by atoms with van der Waals surface area (Å²) in [4.78, 5) is 11.1. The van der Waals surface area contributed by atoms with Crippen molar-refractivity contribution in [3.63, 3.8) is 0 Å². The van der Waals surface area contributed by atoms with Crippen molar-refractivity contribution in [1.82, 2.24) is 0 Å². The minimum atomic E-state index is -0.276. The summed E-state index contributed by atoms with van der Waals surface area (Å²) in [5.74, 6) is 1.35. The van der Waals surface area contributed by atoms with E-state index in [0.717, 1.165) is 30.8 Å². The Labute approximate surface area is 125 Å². The largest absolute Gasteiger partial charge is 0.463 e. The molecule has 0 aromatic heterocycles. The van der Waals surface area contributed by atoms with Crippen LogP contribution in [-0.4, -0.2) is 19.4 Å². The zero-order valence-corrected chi connectivity index (χ0v) is 12.2. The Morgan fingerprint density at radius 1 is 1.19 bits per heavy atom. The van der Waals surface area contributed by atoms with E-state index in [4.69, 9.17) is 14.2 Å². The SMILES string of the molecule is CCOC(=O)/C=C/CC/C=C/Cc1ccc2c(c1)OCO2. The van der Waals surface area contributed by atoms with Gasteiger partial charge in [-0.2, -0.15) is 0 Å². The van der Waals surface area contributed by atoms with Crippen molar-refractivity contribution in [2.45, 2.75) is 26.2 Å². The van der Waals surface area contributed by atoms with Gasteiger partial charge in [0.05, 0.1) is 6.61 Å². The third kappa shape index (κ3) is 4.99. The lowest BCUT2D eigenvalue weighted by Gasteiger charge is -1.99. The molecule has 0 aliphatic carbocycles. The molecule has 0 spiro atoms. The van der Waals surface area contributed by atoms with E-state index in [1.165, 1.54) is 11.6 Å². The predicted octanol–water partition coefficient (Wildman–Crippen LogP) is 3.41. The van der Waals surface area contributed by atoms with Crippen molar-refractivity contribution in [3.8, 4) is 11.5 Å². The number of hydrogen-bond donors (Lipinski definition) is 0. The van der Waals surface area contributed by atoms with Crippen LogP contribution < -0.4 is 9.47 Å². The molecule has 0 radical (unpaired) electrons. The molecule has 0 saturated heterocycles. The molecule has 1 aromatic rings. The van der Waals surface area contributed by atoms with Crippen molar-refractivity contribution in [2.75, 3.05) is 13.4 Å². The van der Waals surface area contributed by atoms with E-state index in [1.54, 1.807) is 6.92 Å². The molecule has 0 N–H and O–H groups in total. The number of fused-ring (bicyclic) bond motifs is 1. The third-order valence-electron chi connectivity index (χ3n) is 3.00. The summed E-state index contributed by atoms with van der Waals surface area (Å²) in [5, 5.41) is 0. The van der Waals surface area contributed by atoms with Crippen LogP contribution in [0.15, 0.2) is 42.5 Å². The maximum Gasteiger partial charge on any atom is 0.330 e. The van der Waals surface area contributed by atoms with Crippen LogP contribution in [0.5, 0.6) is 11.5 Å². The van der Waals surface area contributed by atoms with Gasteiger partial charge in [0, 0.05) is 6.08 Å². The normalized spacial score (nSPS) is 13.2. The van der Waals surface area contributed by atoms with Gasteiger partial charge in [0.2, 0.25) is 6.79 Å². The Bertz CT molecular complexity index is 532. The van der Waals surface area contributed by atoms with E-state index in [0.29, 0.717) is 13.4 Å². The molecule has 1 aromatic carbocycles. The lowest BCUT2D eigenvalue weighted by Crippen LogP contribution is -1.98. The van der Waals surface area contributed by atoms with Gasteiger partial charge in [-0.15, -0.1) is 0 Å². The Morgan fingerprint density at radius 3 is 2.86 bits per heavy atom. The second-order valence-electron chi connectivity index (χ2n) is 4.59. The lowest BCUT2D eigenvalue weighted by atomic mass is 10.1. The topological polar surface area (TPSA) is 44.8 Å². The first-order chi connectivity index (χ1) is 10.3. The van der Waals surface area contributed by atoms with E-state index < -0.39 is 0 Å². The molecule has 21 heavy (non-hydrogen) atoms. The van der Waals surface area contributed by atoms with Crippen molar-refractivity contribution in [2.24, 2.45) is 0 Å². The number of esters is 1. The molecule has 1 aliphatic heterocycles. The van der Waals surface area contributed by atoms with Crippen LogP contribution in [0.25, 0.3) is 0 Å². The van der Waals surface area contributed by atoms with Crippen molar-refractivity contribution >= 4 is 5.97 Å². The van der Waals surface area contributed by atoms with E-state index in [9.17, 15) is 4.79 Å². The summed E-state index contributed by atoms with van der Waals surface area (Å²) in [6.07, 6.45) is 10.1. The summed E-state index contributed by atoms with van der Waals surface area (Å²) < 4.78 is 15.4. The molecule has 0 atom stereocenters. The second kappa shape index (κ2) is 8.15. The zero-order valence-electron chi connectivity index (χ0n) is 12.2. The number of carbonyl (C=O) groups excluding carboxylic acids is 1. The minimum absolute atomic E-state index is 0.276. The molecule has 0 fully saturated rings. The monoisotopic (exact) mass is 288 g/mol. The van der Waals surface area contributed by atoms with Crippen molar-refractivity contribution < 1.29 is 19.0 Å². The molecule has 112 valence electrons. The molecule has 0 amide bonds. The molecule has 0 saturated carbocycles. The van der Waals surface area contributed by atoms with Gasteiger partial charge < -0.3 is 14.2 Å². The summed E-state index contributed by atoms with van der Waals surface area (Å²) >= 11 is 0. The van der Waals surface area contributed by atoms with Gasteiger partial charge in [-0.1, -0.05) is 24.3 Å². The number of carbonyl (C=O) groups is 1. The van der Waals surface area contributed by atoms with E-state index >= 15 is 0 Å². The Kier molecular flexibility index (Phi) is 5.88. The van der Waals surface area contributed by atoms with Crippen LogP contribution >= 0.6 is 0 Å². The highest BCUT2D eigenvalue weighted by atomic mass is 16.7. The van der Waals surface area contributed by atoms with E-state index in [-0.39, 0.29) is 5.97 Å². The number of benzene rings is 1. The van der Waals surface area contributed by atoms with Crippen LogP contribution in [0, 0.1) is 0 Å². The summed E-state index contributed by atoms with van der Waals surface area (Å²) in [6, 6.07) is 5.99. The van der Waals surface area contributed by atoms with Crippen molar-refractivity contribution in [1.29, 1.82) is 0 Å². The maximum absolute atomic E-state index is 11.1. The zero-order chi connectivity index (χ0) is 14.9. The first-order valence-electron chi connectivity index (χ1n) is 7.16. The predicted molar refractivity (Wildman–Crippen MR) is 80.4 cm³/mol. The van der Waals surface area contributed by atoms with Crippen LogP contribution in [0.1, 0.15) is 25.3 Å². The molecule has 0 unspecified atom stereocenters. The van der Waals surface area contributed by atoms with Crippen LogP contribution in [0.3, 0.4) is 0 Å². The molecule has 1 heterocycles. The lowest BCUT2D eigenvalue weighted by molar-refractivity contribution is -0.137. The van der Waals surface area contributed by atoms with E-state index in [2.05, 4.69) is 12.2 Å². The highest BCUT2D eigenvalue weighted by Gasteiger charge is 2.12. The molecule has 1 aliphatic rings. The highest BCUT2D eigenvalue weighted by molar-refractivity contribution is 5.81. The van der Waals surface area contributed by atoms with Crippen molar-refractivity contribution in [3.05, 3.63) is 48.1 Å².